The zero-order valence-corrected chi connectivity index (χ0v) is 16.5. The number of methoxy groups -OCH3 is 3. The van der Waals surface area contributed by atoms with E-state index in [-0.39, 0.29) is 5.91 Å². The molecule has 0 fully saturated rings. The molecule has 0 saturated carbocycles. The minimum Gasteiger partial charge on any atom is -0.497 e. The maximum absolute atomic E-state index is 13.5. The molecule has 6 nitrogen and oxygen atoms in total. The molecule has 1 heterocycles. The SMILES string of the molecule is COc1ccc(N2C(=O)c3ccccc3N[C@H]2c2ccc(OC)cc2OC)cc1. The van der Waals surface area contributed by atoms with Gasteiger partial charge in [-0.15, -0.1) is 0 Å². The molecule has 1 aliphatic rings. The maximum Gasteiger partial charge on any atom is 0.262 e. The van der Waals surface area contributed by atoms with Gasteiger partial charge in [0.25, 0.3) is 5.91 Å². The number of nitrogens with one attached hydrogen (secondary N) is 1. The van der Waals surface area contributed by atoms with Gasteiger partial charge < -0.3 is 19.5 Å². The van der Waals surface area contributed by atoms with E-state index in [0.29, 0.717) is 17.1 Å². The number of fused-ring (bicyclic) bond motifs is 1. The van der Waals surface area contributed by atoms with Gasteiger partial charge in [-0.25, -0.2) is 0 Å². The molecule has 0 unspecified atom stereocenters. The number of ether oxygens (including phenoxy) is 3. The van der Waals surface area contributed by atoms with Gasteiger partial charge in [0.15, 0.2) is 0 Å². The molecule has 4 rings (SSSR count). The molecule has 1 atom stereocenters. The molecule has 0 aromatic heterocycles. The fraction of sp³-hybridized carbons (Fsp3) is 0.174. The highest BCUT2D eigenvalue weighted by atomic mass is 16.5. The third kappa shape index (κ3) is 3.33. The van der Waals surface area contributed by atoms with Crippen LogP contribution in [0.5, 0.6) is 17.2 Å². The number of amides is 1. The maximum atomic E-state index is 13.5. The van der Waals surface area contributed by atoms with Gasteiger partial charge in [0.05, 0.1) is 26.9 Å². The Kier molecular flexibility index (Phi) is 4.99. The lowest BCUT2D eigenvalue weighted by atomic mass is 10.0. The fourth-order valence-electron chi connectivity index (χ4n) is 3.52. The Bertz CT molecular complexity index is 1030. The number of hydrogen-bond donors (Lipinski definition) is 1. The Labute approximate surface area is 169 Å². The lowest BCUT2D eigenvalue weighted by Crippen LogP contribution is -2.43. The van der Waals surface area contributed by atoms with Crippen molar-refractivity contribution in [1.29, 1.82) is 0 Å². The highest BCUT2D eigenvalue weighted by molar-refractivity contribution is 6.12. The van der Waals surface area contributed by atoms with Gasteiger partial charge >= 0.3 is 0 Å². The molecule has 148 valence electrons. The number of carbonyl (C=O) groups is 1. The molecule has 3 aromatic carbocycles. The lowest BCUT2D eigenvalue weighted by molar-refractivity contribution is 0.0974. The van der Waals surface area contributed by atoms with E-state index in [9.17, 15) is 4.79 Å². The summed E-state index contributed by atoms with van der Waals surface area (Å²) in [4.78, 5) is 15.2. The smallest absolute Gasteiger partial charge is 0.262 e. The summed E-state index contributed by atoms with van der Waals surface area (Å²) in [6.07, 6.45) is -0.452. The van der Waals surface area contributed by atoms with Gasteiger partial charge in [0, 0.05) is 23.0 Å². The number of carbonyl (C=O) groups excluding carboxylic acids is 1. The van der Waals surface area contributed by atoms with Gasteiger partial charge in [0.1, 0.15) is 23.4 Å². The van der Waals surface area contributed by atoms with Crippen molar-refractivity contribution in [3.8, 4) is 17.2 Å². The van der Waals surface area contributed by atoms with E-state index < -0.39 is 6.17 Å². The van der Waals surface area contributed by atoms with Crippen molar-refractivity contribution in [3.63, 3.8) is 0 Å². The monoisotopic (exact) mass is 390 g/mol. The van der Waals surface area contributed by atoms with E-state index in [1.165, 1.54) is 0 Å². The van der Waals surface area contributed by atoms with Gasteiger partial charge in [-0.05, 0) is 48.5 Å². The Morgan fingerprint density at radius 2 is 1.52 bits per heavy atom. The summed E-state index contributed by atoms with van der Waals surface area (Å²) in [5, 5.41) is 3.49. The van der Waals surface area contributed by atoms with Crippen LogP contribution in [0, 0.1) is 0 Å². The van der Waals surface area contributed by atoms with Gasteiger partial charge in [-0.1, -0.05) is 12.1 Å². The van der Waals surface area contributed by atoms with Crippen LogP contribution in [0.15, 0.2) is 66.7 Å². The van der Waals surface area contributed by atoms with Gasteiger partial charge in [-0.2, -0.15) is 0 Å². The Morgan fingerprint density at radius 1 is 0.828 bits per heavy atom. The highest BCUT2D eigenvalue weighted by Crippen LogP contribution is 2.40. The highest BCUT2D eigenvalue weighted by Gasteiger charge is 2.35. The van der Waals surface area contributed by atoms with Crippen LogP contribution in [-0.2, 0) is 0 Å². The van der Waals surface area contributed by atoms with Crippen LogP contribution in [0.2, 0.25) is 0 Å². The first-order chi connectivity index (χ1) is 14.2. The molecule has 3 aromatic rings. The first-order valence-corrected chi connectivity index (χ1v) is 9.21. The summed E-state index contributed by atoms with van der Waals surface area (Å²) in [5.41, 5.74) is 2.98. The lowest BCUT2D eigenvalue weighted by Gasteiger charge is -2.38. The van der Waals surface area contributed by atoms with Crippen molar-refractivity contribution in [3.05, 3.63) is 77.9 Å². The van der Waals surface area contributed by atoms with Crippen molar-refractivity contribution >= 4 is 17.3 Å². The summed E-state index contributed by atoms with van der Waals surface area (Å²) < 4.78 is 16.2. The first-order valence-electron chi connectivity index (χ1n) is 9.21. The molecule has 1 amide bonds. The molecular formula is C23H22N2O4. The minimum absolute atomic E-state index is 0.0904. The number of hydrogen-bond acceptors (Lipinski definition) is 5. The van der Waals surface area contributed by atoms with Crippen LogP contribution in [-0.4, -0.2) is 27.2 Å². The third-order valence-electron chi connectivity index (χ3n) is 5.01. The third-order valence-corrected chi connectivity index (χ3v) is 5.01. The minimum atomic E-state index is -0.452. The summed E-state index contributed by atoms with van der Waals surface area (Å²) in [6, 6.07) is 20.5. The number of para-hydroxylation sites is 1. The Hall–Kier alpha value is -3.67. The first kappa shape index (κ1) is 18.7. The second kappa shape index (κ2) is 7.75. The van der Waals surface area contributed by atoms with Crippen molar-refractivity contribution in [2.24, 2.45) is 0 Å². The van der Waals surface area contributed by atoms with E-state index in [4.69, 9.17) is 14.2 Å². The Morgan fingerprint density at radius 3 is 2.21 bits per heavy atom. The number of rotatable bonds is 5. The predicted molar refractivity (Wildman–Crippen MR) is 112 cm³/mol. The summed E-state index contributed by atoms with van der Waals surface area (Å²) in [6.45, 7) is 0. The van der Waals surface area contributed by atoms with Crippen molar-refractivity contribution < 1.29 is 19.0 Å². The van der Waals surface area contributed by atoms with Crippen LogP contribution in [0.25, 0.3) is 0 Å². The second-order valence-corrected chi connectivity index (χ2v) is 6.57. The van der Waals surface area contributed by atoms with E-state index in [1.54, 1.807) is 26.2 Å². The molecule has 0 spiro atoms. The molecule has 1 N–H and O–H groups in total. The number of anilines is 2. The summed E-state index contributed by atoms with van der Waals surface area (Å²) in [5.74, 6) is 1.95. The number of nitrogens with zero attached hydrogens (tertiary/aromatic N) is 1. The molecule has 0 aliphatic carbocycles. The van der Waals surface area contributed by atoms with Crippen LogP contribution in [0.3, 0.4) is 0 Å². The molecule has 1 aliphatic heterocycles. The Balaban J connectivity index is 1.86. The van der Waals surface area contributed by atoms with E-state index in [0.717, 1.165) is 22.7 Å². The quantitative estimate of drug-likeness (QED) is 0.696. The summed E-state index contributed by atoms with van der Waals surface area (Å²) in [7, 11) is 4.83. The van der Waals surface area contributed by atoms with Crippen molar-refractivity contribution in [2.45, 2.75) is 6.17 Å². The molecule has 29 heavy (non-hydrogen) atoms. The van der Waals surface area contributed by atoms with Crippen molar-refractivity contribution in [1.82, 2.24) is 0 Å². The molecule has 0 bridgehead atoms. The van der Waals surface area contributed by atoms with Gasteiger partial charge in [0.2, 0.25) is 0 Å². The second-order valence-electron chi connectivity index (χ2n) is 6.57. The van der Waals surface area contributed by atoms with Crippen molar-refractivity contribution in [2.75, 3.05) is 31.5 Å². The largest absolute Gasteiger partial charge is 0.497 e. The summed E-state index contributed by atoms with van der Waals surface area (Å²) >= 11 is 0. The number of benzene rings is 3. The van der Waals surface area contributed by atoms with E-state index in [2.05, 4.69) is 5.32 Å². The van der Waals surface area contributed by atoms with E-state index >= 15 is 0 Å². The molecule has 0 radical (unpaired) electrons. The van der Waals surface area contributed by atoms with Crippen LogP contribution in [0.4, 0.5) is 11.4 Å². The zero-order chi connectivity index (χ0) is 20.4. The average Bonchev–Trinajstić information content (AvgIpc) is 2.78. The van der Waals surface area contributed by atoms with Crippen LogP contribution in [0.1, 0.15) is 22.1 Å². The van der Waals surface area contributed by atoms with Crippen LogP contribution < -0.4 is 24.4 Å². The predicted octanol–water partition coefficient (Wildman–Crippen LogP) is 4.48. The van der Waals surface area contributed by atoms with E-state index in [1.807, 2.05) is 66.7 Å². The van der Waals surface area contributed by atoms with Crippen LogP contribution >= 0.6 is 0 Å². The zero-order valence-electron chi connectivity index (χ0n) is 16.5. The standard InChI is InChI=1S/C23H22N2O4/c1-27-16-10-8-15(9-11-16)25-22(19-13-12-17(28-2)14-21(19)29-3)24-20-7-5-4-6-18(20)23(25)26/h4-14,22,24H,1-3H3/t22-/m1/s1. The topological polar surface area (TPSA) is 60.0 Å². The fourth-order valence-corrected chi connectivity index (χ4v) is 3.52. The molecule has 0 saturated heterocycles. The van der Waals surface area contributed by atoms with Gasteiger partial charge in [-0.3, -0.25) is 9.69 Å². The molecular weight excluding hydrogens is 368 g/mol. The molecule has 6 heteroatoms. The normalized spacial score (nSPS) is 15.3. The average molecular weight is 390 g/mol.